The van der Waals surface area contributed by atoms with Crippen LogP contribution in [0.25, 0.3) is 0 Å². The Morgan fingerprint density at radius 3 is 2.23 bits per heavy atom. The number of ether oxygens (including phenoxy) is 2. The van der Waals surface area contributed by atoms with Crippen LogP contribution in [0.2, 0.25) is 0 Å². The molecular weight excluding hydrogens is 388 g/mol. The fourth-order valence-corrected chi connectivity index (χ4v) is 7.17. The zero-order valence-corrected chi connectivity index (χ0v) is 20.2. The van der Waals surface area contributed by atoms with Gasteiger partial charge < -0.3 is 9.47 Å². The third-order valence-electron chi connectivity index (χ3n) is 9.01. The van der Waals surface area contributed by atoms with Gasteiger partial charge in [-0.15, -0.1) is 0 Å². The molecule has 0 heterocycles. The van der Waals surface area contributed by atoms with Crippen LogP contribution < -0.4 is 4.74 Å². The topological polar surface area (TPSA) is 52.6 Å². The van der Waals surface area contributed by atoms with Gasteiger partial charge >= 0.3 is 11.9 Å². The van der Waals surface area contributed by atoms with Crippen LogP contribution in [0.4, 0.5) is 0 Å². The predicted molar refractivity (Wildman–Crippen MR) is 121 cm³/mol. The van der Waals surface area contributed by atoms with E-state index in [1.54, 1.807) is 24.3 Å². The average Bonchev–Trinajstić information content (AvgIpc) is 3.10. The minimum atomic E-state index is -0.575. The van der Waals surface area contributed by atoms with Crippen LogP contribution in [-0.2, 0) is 9.53 Å². The Balaban J connectivity index is 1.48. The molecule has 2 bridgehead atoms. The minimum Gasteiger partial charge on any atom is -0.455 e. The second-order valence-electron chi connectivity index (χ2n) is 12.2. The van der Waals surface area contributed by atoms with E-state index in [4.69, 9.17) is 9.47 Å². The van der Waals surface area contributed by atoms with Crippen LogP contribution >= 0.6 is 0 Å². The molecule has 3 saturated carbocycles. The lowest BCUT2D eigenvalue weighted by atomic mass is 9.64. The molecule has 1 aromatic carbocycles. The number of hydrogen-bond acceptors (Lipinski definition) is 4. The largest absolute Gasteiger partial charge is 0.455 e. The van der Waals surface area contributed by atoms with Crippen LogP contribution in [0, 0.1) is 34.0 Å². The van der Waals surface area contributed by atoms with Crippen LogP contribution in [0.15, 0.2) is 24.3 Å². The van der Waals surface area contributed by atoms with Crippen LogP contribution in [-0.4, -0.2) is 17.5 Å². The molecule has 5 atom stereocenters. The maximum Gasteiger partial charge on any atom is 0.338 e. The molecule has 3 fully saturated rings. The summed E-state index contributed by atoms with van der Waals surface area (Å²) in [6, 6.07) is 6.73. The summed E-state index contributed by atoms with van der Waals surface area (Å²) in [5.74, 6) is 1.75. The first-order valence-electron chi connectivity index (χ1n) is 11.9. The lowest BCUT2D eigenvalue weighted by molar-refractivity contribution is -0.143. The molecule has 170 valence electrons. The van der Waals surface area contributed by atoms with E-state index in [0.29, 0.717) is 22.6 Å². The number of hydrogen-bond donors (Lipinski definition) is 0. The highest BCUT2D eigenvalue weighted by molar-refractivity contribution is 5.90. The number of rotatable bonds is 3. The van der Waals surface area contributed by atoms with Gasteiger partial charge in [0.1, 0.15) is 11.4 Å². The van der Waals surface area contributed by atoms with Gasteiger partial charge in [0.05, 0.1) is 11.0 Å². The third-order valence-corrected chi connectivity index (χ3v) is 9.01. The predicted octanol–water partition coefficient (Wildman–Crippen LogP) is 6.43. The summed E-state index contributed by atoms with van der Waals surface area (Å²) in [4.78, 5) is 25.2. The zero-order valence-electron chi connectivity index (χ0n) is 20.2. The first-order valence-corrected chi connectivity index (χ1v) is 11.9. The number of benzene rings is 1. The molecule has 0 N–H and O–H groups in total. The highest BCUT2D eigenvalue weighted by Crippen LogP contribution is 2.73. The molecule has 3 aliphatic rings. The summed E-state index contributed by atoms with van der Waals surface area (Å²) >= 11 is 0. The van der Waals surface area contributed by atoms with E-state index in [2.05, 4.69) is 27.7 Å². The first kappa shape index (κ1) is 22.4. The minimum absolute atomic E-state index is 0.182. The van der Waals surface area contributed by atoms with E-state index in [1.165, 1.54) is 19.3 Å². The molecule has 0 unspecified atom stereocenters. The lowest BCUT2D eigenvalue weighted by Crippen LogP contribution is -2.47. The third kappa shape index (κ3) is 3.50. The average molecular weight is 427 g/mol. The van der Waals surface area contributed by atoms with Crippen molar-refractivity contribution >= 4 is 11.9 Å². The molecule has 0 radical (unpaired) electrons. The molecule has 0 aliphatic heterocycles. The van der Waals surface area contributed by atoms with Crippen LogP contribution in [0.5, 0.6) is 5.75 Å². The summed E-state index contributed by atoms with van der Waals surface area (Å²) in [6.45, 7) is 14.8. The van der Waals surface area contributed by atoms with Crippen molar-refractivity contribution in [1.82, 2.24) is 0 Å². The standard InChI is InChI=1S/C27H38O4/c1-17-8-13-20-25(5,6)21-16-27(17,20)15-14-26(21,7)31-22(28)18-9-11-19(12-10-18)30-23(29)24(2,3)4/h9-12,17,20-21H,8,13-16H2,1-7H3/t17-,20+,21-,26-,27+/m1/s1. The van der Waals surface area contributed by atoms with E-state index >= 15 is 0 Å². The van der Waals surface area contributed by atoms with Gasteiger partial charge in [0.15, 0.2) is 0 Å². The molecular formula is C27H38O4. The number of fused-ring (bicyclic) bond motifs is 1. The van der Waals surface area contributed by atoms with E-state index in [1.807, 2.05) is 20.8 Å². The Morgan fingerprint density at radius 1 is 0.968 bits per heavy atom. The molecule has 1 spiro atoms. The van der Waals surface area contributed by atoms with Crippen molar-refractivity contribution in [2.75, 3.05) is 0 Å². The fourth-order valence-electron chi connectivity index (χ4n) is 7.17. The fraction of sp³-hybridized carbons (Fsp3) is 0.704. The second-order valence-corrected chi connectivity index (χ2v) is 12.2. The Morgan fingerprint density at radius 2 is 1.61 bits per heavy atom. The van der Waals surface area contributed by atoms with Gasteiger partial charge in [0.25, 0.3) is 0 Å². The zero-order chi connectivity index (χ0) is 22.8. The van der Waals surface area contributed by atoms with Crippen LogP contribution in [0.1, 0.15) is 90.9 Å². The summed E-state index contributed by atoms with van der Waals surface area (Å²) in [5.41, 5.74) is 0.114. The highest BCUT2D eigenvalue weighted by Gasteiger charge is 2.68. The molecule has 0 amide bonds. The van der Waals surface area contributed by atoms with Crippen molar-refractivity contribution < 1.29 is 19.1 Å². The summed E-state index contributed by atoms with van der Waals surface area (Å²) in [6.07, 6.45) is 5.92. The van der Waals surface area contributed by atoms with E-state index < -0.39 is 11.0 Å². The van der Waals surface area contributed by atoms with Gasteiger partial charge in [-0.3, -0.25) is 4.79 Å². The molecule has 31 heavy (non-hydrogen) atoms. The lowest BCUT2D eigenvalue weighted by Gasteiger charge is -2.46. The highest BCUT2D eigenvalue weighted by atomic mass is 16.6. The maximum absolute atomic E-state index is 13.1. The Labute approximate surface area is 187 Å². The molecule has 1 aromatic rings. The number of esters is 2. The van der Waals surface area contributed by atoms with Crippen molar-refractivity contribution in [3.63, 3.8) is 0 Å². The monoisotopic (exact) mass is 426 g/mol. The quantitative estimate of drug-likeness (QED) is 0.413. The number of carbonyl (C=O) groups excluding carboxylic acids is 2. The van der Waals surface area contributed by atoms with Crippen molar-refractivity contribution in [3.8, 4) is 5.75 Å². The van der Waals surface area contributed by atoms with Gasteiger partial charge in [-0.25, -0.2) is 4.79 Å². The van der Waals surface area contributed by atoms with Crippen LogP contribution in [0.3, 0.4) is 0 Å². The van der Waals surface area contributed by atoms with E-state index in [0.717, 1.165) is 24.7 Å². The van der Waals surface area contributed by atoms with E-state index in [-0.39, 0.29) is 17.4 Å². The Hall–Kier alpha value is -1.84. The van der Waals surface area contributed by atoms with E-state index in [9.17, 15) is 9.59 Å². The van der Waals surface area contributed by atoms with Crippen molar-refractivity contribution in [3.05, 3.63) is 29.8 Å². The van der Waals surface area contributed by atoms with Gasteiger partial charge in [-0.05, 0) is 107 Å². The molecule has 4 nitrogen and oxygen atoms in total. The second kappa shape index (κ2) is 7.08. The summed E-state index contributed by atoms with van der Waals surface area (Å²) in [5, 5.41) is 0. The molecule has 0 saturated heterocycles. The van der Waals surface area contributed by atoms with Gasteiger partial charge in [0, 0.05) is 5.92 Å². The van der Waals surface area contributed by atoms with Crippen molar-refractivity contribution in [2.45, 2.75) is 86.2 Å². The van der Waals surface area contributed by atoms with Gasteiger partial charge in [0.2, 0.25) is 0 Å². The smallest absolute Gasteiger partial charge is 0.338 e. The number of carbonyl (C=O) groups is 2. The molecule has 4 rings (SSSR count). The molecule has 4 heteroatoms. The van der Waals surface area contributed by atoms with Crippen molar-refractivity contribution in [1.29, 1.82) is 0 Å². The SMILES string of the molecule is C[C@@H]1CC[C@H]2C(C)(C)[C@H]3C[C@@]12CC[C@@]3(C)OC(=O)c1ccc(OC(=O)C(C)(C)C)cc1. The first-order chi connectivity index (χ1) is 14.3. The Kier molecular flexibility index (Phi) is 5.11. The summed E-state index contributed by atoms with van der Waals surface area (Å²) in [7, 11) is 0. The normalized spacial score (nSPS) is 36.0. The van der Waals surface area contributed by atoms with Crippen molar-refractivity contribution in [2.24, 2.45) is 34.0 Å². The molecule has 3 aliphatic carbocycles. The molecule has 0 aromatic heterocycles. The Bertz CT molecular complexity index is 877. The van der Waals surface area contributed by atoms with Gasteiger partial charge in [-0.2, -0.15) is 0 Å². The van der Waals surface area contributed by atoms with Gasteiger partial charge in [-0.1, -0.05) is 20.8 Å². The summed E-state index contributed by atoms with van der Waals surface area (Å²) < 4.78 is 11.7. The maximum atomic E-state index is 13.1.